The van der Waals surface area contributed by atoms with E-state index in [-0.39, 0.29) is 12.5 Å². The van der Waals surface area contributed by atoms with Crippen LogP contribution in [-0.4, -0.2) is 37.5 Å². The lowest BCUT2D eigenvalue weighted by Crippen LogP contribution is -2.32. The summed E-state index contributed by atoms with van der Waals surface area (Å²) in [7, 11) is 2.81. The Balaban J connectivity index is 2.81. The Hall–Kier alpha value is -1.56. The second kappa shape index (κ2) is 5.67. The summed E-state index contributed by atoms with van der Waals surface area (Å²) in [6, 6.07) is 4.85. The van der Waals surface area contributed by atoms with Crippen LogP contribution in [0.2, 0.25) is 0 Å². The predicted molar refractivity (Wildman–Crippen MR) is 67.5 cm³/mol. The molecule has 0 fully saturated rings. The van der Waals surface area contributed by atoms with E-state index in [9.17, 15) is 9.59 Å². The number of nitrogens with two attached hydrogens (primary N) is 1. The first-order valence-electron chi connectivity index (χ1n) is 4.83. The number of rotatable bonds is 3. The van der Waals surface area contributed by atoms with Crippen LogP contribution < -0.4 is 5.73 Å². The zero-order chi connectivity index (χ0) is 13.0. The number of methoxy groups -OCH3 is 1. The van der Waals surface area contributed by atoms with Crippen LogP contribution in [0.1, 0.15) is 10.4 Å². The number of ether oxygens (including phenoxy) is 1. The number of nitrogen functional groups attached to an aromatic ring is 1. The van der Waals surface area contributed by atoms with E-state index in [1.165, 1.54) is 19.1 Å². The van der Waals surface area contributed by atoms with Gasteiger partial charge in [0.25, 0.3) is 5.91 Å². The molecule has 0 spiro atoms. The number of benzene rings is 1. The molecule has 0 aliphatic rings. The normalized spacial score (nSPS) is 9.82. The van der Waals surface area contributed by atoms with Gasteiger partial charge in [-0.05, 0) is 34.1 Å². The first-order valence-corrected chi connectivity index (χ1v) is 5.62. The molecule has 2 N–H and O–H groups in total. The molecule has 0 aliphatic carbocycles. The Morgan fingerprint density at radius 3 is 2.65 bits per heavy atom. The number of carbonyl (C=O) groups is 2. The summed E-state index contributed by atoms with van der Waals surface area (Å²) in [6.45, 7) is -0.0860. The number of carbonyl (C=O) groups excluding carboxylic acids is 2. The third kappa shape index (κ3) is 3.45. The van der Waals surface area contributed by atoms with E-state index in [0.29, 0.717) is 15.7 Å². The van der Waals surface area contributed by atoms with Crippen molar-refractivity contribution < 1.29 is 14.3 Å². The number of anilines is 1. The number of hydrogen-bond donors (Lipinski definition) is 1. The molecule has 1 rings (SSSR count). The molecule has 0 aliphatic heterocycles. The summed E-state index contributed by atoms with van der Waals surface area (Å²) >= 11 is 3.24. The monoisotopic (exact) mass is 300 g/mol. The summed E-state index contributed by atoms with van der Waals surface area (Å²) < 4.78 is 5.14. The molecule has 6 heteroatoms. The molecule has 0 bridgehead atoms. The van der Waals surface area contributed by atoms with Gasteiger partial charge < -0.3 is 15.4 Å². The number of nitrogens with zero attached hydrogens (tertiary/aromatic N) is 1. The van der Waals surface area contributed by atoms with E-state index in [1.54, 1.807) is 18.2 Å². The van der Waals surface area contributed by atoms with Gasteiger partial charge in [0.2, 0.25) is 0 Å². The van der Waals surface area contributed by atoms with Gasteiger partial charge in [-0.2, -0.15) is 0 Å². The van der Waals surface area contributed by atoms with Crippen molar-refractivity contribution in [3.63, 3.8) is 0 Å². The maximum absolute atomic E-state index is 11.9. The van der Waals surface area contributed by atoms with Crippen molar-refractivity contribution in [2.75, 3.05) is 26.4 Å². The van der Waals surface area contributed by atoms with E-state index in [2.05, 4.69) is 20.7 Å². The Labute approximate surface area is 108 Å². The molecule has 1 amide bonds. The zero-order valence-electron chi connectivity index (χ0n) is 9.57. The van der Waals surface area contributed by atoms with Crippen molar-refractivity contribution in [2.45, 2.75) is 0 Å². The van der Waals surface area contributed by atoms with E-state index in [1.807, 2.05) is 0 Å². The van der Waals surface area contributed by atoms with Crippen molar-refractivity contribution in [1.29, 1.82) is 0 Å². The van der Waals surface area contributed by atoms with Gasteiger partial charge >= 0.3 is 5.97 Å². The average Bonchev–Trinajstić information content (AvgIpc) is 2.31. The Bertz CT molecular complexity index is 448. The molecule has 1 aromatic rings. The highest BCUT2D eigenvalue weighted by molar-refractivity contribution is 9.10. The molecule has 5 nitrogen and oxygen atoms in total. The minimum absolute atomic E-state index is 0.0860. The second-order valence-electron chi connectivity index (χ2n) is 3.47. The number of esters is 1. The van der Waals surface area contributed by atoms with Gasteiger partial charge in [0.15, 0.2) is 0 Å². The van der Waals surface area contributed by atoms with Gasteiger partial charge in [0.1, 0.15) is 6.54 Å². The van der Waals surface area contributed by atoms with Crippen molar-refractivity contribution in [3.8, 4) is 0 Å². The lowest BCUT2D eigenvalue weighted by Gasteiger charge is -2.15. The molecular formula is C11H13BrN2O3. The number of likely N-dealkylation sites (N-methyl/N-ethyl adjacent to an activating group) is 1. The molecule has 0 radical (unpaired) electrons. The minimum atomic E-state index is -0.463. The van der Waals surface area contributed by atoms with E-state index < -0.39 is 5.97 Å². The largest absolute Gasteiger partial charge is 0.468 e. The first kappa shape index (κ1) is 13.5. The number of halogens is 1. The van der Waals surface area contributed by atoms with Gasteiger partial charge in [0, 0.05) is 22.8 Å². The summed E-state index contributed by atoms with van der Waals surface area (Å²) in [4.78, 5) is 24.2. The summed E-state index contributed by atoms with van der Waals surface area (Å²) in [5.74, 6) is -0.730. The molecule has 0 atom stereocenters. The van der Waals surface area contributed by atoms with E-state index in [4.69, 9.17) is 5.73 Å². The maximum atomic E-state index is 11.9. The lowest BCUT2D eigenvalue weighted by molar-refractivity contribution is -0.141. The smallest absolute Gasteiger partial charge is 0.325 e. The highest BCUT2D eigenvalue weighted by Gasteiger charge is 2.15. The molecule has 0 unspecified atom stereocenters. The topological polar surface area (TPSA) is 72.6 Å². The van der Waals surface area contributed by atoms with Crippen LogP contribution in [-0.2, 0) is 9.53 Å². The quantitative estimate of drug-likeness (QED) is 0.674. The zero-order valence-corrected chi connectivity index (χ0v) is 11.2. The molecule has 92 valence electrons. The molecule has 0 heterocycles. The van der Waals surface area contributed by atoms with Gasteiger partial charge in [-0.15, -0.1) is 0 Å². The number of hydrogen-bond acceptors (Lipinski definition) is 4. The lowest BCUT2D eigenvalue weighted by atomic mass is 10.2. The van der Waals surface area contributed by atoms with Crippen molar-refractivity contribution >= 4 is 33.5 Å². The minimum Gasteiger partial charge on any atom is -0.468 e. The molecule has 1 aromatic carbocycles. The van der Waals surface area contributed by atoms with Crippen LogP contribution in [0.15, 0.2) is 22.7 Å². The van der Waals surface area contributed by atoms with Crippen LogP contribution in [0, 0.1) is 0 Å². The molecule has 17 heavy (non-hydrogen) atoms. The Morgan fingerprint density at radius 1 is 1.47 bits per heavy atom. The molecule has 0 aromatic heterocycles. The van der Waals surface area contributed by atoms with Gasteiger partial charge in [-0.1, -0.05) is 0 Å². The molecule has 0 saturated heterocycles. The van der Waals surface area contributed by atoms with Crippen molar-refractivity contribution in [2.24, 2.45) is 0 Å². The number of amides is 1. The van der Waals surface area contributed by atoms with Crippen LogP contribution in [0.5, 0.6) is 0 Å². The third-order valence-corrected chi connectivity index (χ3v) is 2.87. The Kier molecular flexibility index (Phi) is 4.51. The maximum Gasteiger partial charge on any atom is 0.325 e. The van der Waals surface area contributed by atoms with Crippen LogP contribution in [0.25, 0.3) is 0 Å². The average molecular weight is 301 g/mol. The van der Waals surface area contributed by atoms with Gasteiger partial charge in [-0.3, -0.25) is 9.59 Å². The predicted octanol–water partition coefficient (Wildman–Crippen LogP) is 1.28. The molecular weight excluding hydrogens is 288 g/mol. The van der Waals surface area contributed by atoms with Crippen molar-refractivity contribution in [3.05, 3.63) is 28.2 Å². The standard InChI is InChI=1S/C11H13BrN2O3/c1-14(6-10(15)17-2)11(16)7-3-4-9(13)8(12)5-7/h3-5H,6,13H2,1-2H3. The summed E-state index contributed by atoms with van der Waals surface area (Å²) in [6.07, 6.45) is 0. The fraction of sp³-hybridized carbons (Fsp3) is 0.273. The summed E-state index contributed by atoms with van der Waals surface area (Å²) in [5.41, 5.74) is 6.63. The second-order valence-corrected chi connectivity index (χ2v) is 4.33. The van der Waals surface area contributed by atoms with Crippen molar-refractivity contribution in [1.82, 2.24) is 4.90 Å². The van der Waals surface area contributed by atoms with Gasteiger partial charge in [0.05, 0.1) is 7.11 Å². The fourth-order valence-electron chi connectivity index (χ4n) is 1.21. The molecule has 0 saturated carbocycles. The van der Waals surface area contributed by atoms with Crippen LogP contribution in [0.4, 0.5) is 5.69 Å². The third-order valence-electron chi connectivity index (χ3n) is 2.19. The Morgan fingerprint density at radius 2 is 2.12 bits per heavy atom. The van der Waals surface area contributed by atoms with Gasteiger partial charge in [-0.25, -0.2) is 0 Å². The van der Waals surface area contributed by atoms with E-state index in [0.717, 1.165) is 0 Å². The summed E-state index contributed by atoms with van der Waals surface area (Å²) in [5, 5.41) is 0. The van der Waals surface area contributed by atoms with E-state index >= 15 is 0 Å². The SMILES string of the molecule is COC(=O)CN(C)C(=O)c1ccc(N)c(Br)c1. The highest BCUT2D eigenvalue weighted by Crippen LogP contribution is 2.21. The first-order chi connectivity index (χ1) is 7.95. The van der Waals surface area contributed by atoms with Crippen LogP contribution >= 0.6 is 15.9 Å². The fourth-order valence-corrected chi connectivity index (χ4v) is 1.59. The highest BCUT2D eigenvalue weighted by atomic mass is 79.9. The van der Waals surface area contributed by atoms with Crippen LogP contribution in [0.3, 0.4) is 0 Å².